The lowest BCUT2D eigenvalue weighted by molar-refractivity contribution is -0.127. The topological polar surface area (TPSA) is 52.6 Å². The summed E-state index contributed by atoms with van der Waals surface area (Å²) in [6.07, 6.45) is 2.22. The van der Waals surface area contributed by atoms with E-state index in [4.69, 9.17) is 11.6 Å². The van der Waals surface area contributed by atoms with E-state index in [-0.39, 0.29) is 5.91 Å². The van der Waals surface area contributed by atoms with Gasteiger partial charge in [-0.15, -0.1) is 0 Å². The first-order valence-electron chi connectivity index (χ1n) is 8.81. The molecule has 25 heavy (non-hydrogen) atoms. The average molecular weight is 386 g/mol. The Morgan fingerprint density at radius 3 is 2.56 bits per heavy atom. The molecule has 1 aliphatic heterocycles. The molecule has 1 fully saturated rings. The van der Waals surface area contributed by atoms with E-state index in [2.05, 4.69) is 33.9 Å². The van der Waals surface area contributed by atoms with Gasteiger partial charge in [0.25, 0.3) is 0 Å². The van der Waals surface area contributed by atoms with Gasteiger partial charge in [0.05, 0.1) is 5.75 Å². The van der Waals surface area contributed by atoms with Crippen LogP contribution in [-0.2, 0) is 4.79 Å². The van der Waals surface area contributed by atoms with Crippen LogP contribution in [0, 0.1) is 0 Å². The van der Waals surface area contributed by atoms with Crippen molar-refractivity contribution in [2.75, 3.05) is 50.9 Å². The van der Waals surface area contributed by atoms with Crippen molar-refractivity contribution in [3.05, 3.63) is 11.2 Å². The van der Waals surface area contributed by atoms with Crippen molar-refractivity contribution in [2.45, 2.75) is 37.9 Å². The Balaban J connectivity index is 2.03. The quantitative estimate of drug-likeness (QED) is 0.408. The lowest BCUT2D eigenvalue weighted by Crippen LogP contribution is -2.42. The zero-order chi connectivity index (χ0) is 18.4. The van der Waals surface area contributed by atoms with E-state index in [0.29, 0.717) is 22.1 Å². The Bertz CT molecular complexity index is 576. The SMILES string of the molecule is CCN(CC)C(=O)CSc1nc(Cl)cc(N(C)C2CCN(C)CC2)n1. The molecule has 0 unspecified atom stereocenters. The van der Waals surface area contributed by atoms with Crippen molar-refractivity contribution in [3.8, 4) is 0 Å². The van der Waals surface area contributed by atoms with E-state index in [1.165, 1.54) is 11.8 Å². The molecule has 2 rings (SSSR count). The highest BCUT2D eigenvalue weighted by atomic mass is 35.5. The number of nitrogens with zero attached hydrogens (tertiary/aromatic N) is 5. The first-order valence-corrected chi connectivity index (χ1v) is 10.2. The van der Waals surface area contributed by atoms with Gasteiger partial charge in [-0.3, -0.25) is 4.79 Å². The molecule has 1 amide bonds. The highest BCUT2D eigenvalue weighted by Gasteiger charge is 2.22. The van der Waals surface area contributed by atoms with Crippen molar-refractivity contribution in [1.29, 1.82) is 0 Å². The third kappa shape index (κ3) is 5.72. The number of halogens is 1. The summed E-state index contributed by atoms with van der Waals surface area (Å²) in [6.45, 7) is 7.58. The van der Waals surface area contributed by atoms with E-state index in [9.17, 15) is 4.79 Å². The van der Waals surface area contributed by atoms with Crippen LogP contribution in [0.4, 0.5) is 5.82 Å². The van der Waals surface area contributed by atoms with Gasteiger partial charge in [0.1, 0.15) is 11.0 Å². The van der Waals surface area contributed by atoms with Gasteiger partial charge in [-0.05, 0) is 46.8 Å². The minimum atomic E-state index is 0.101. The number of piperidine rings is 1. The largest absolute Gasteiger partial charge is 0.356 e. The van der Waals surface area contributed by atoms with Gasteiger partial charge in [-0.25, -0.2) is 9.97 Å². The Hall–Kier alpha value is -1.05. The van der Waals surface area contributed by atoms with Crippen molar-refractivity contribution in [2.24, 2.45) is 0 Å². The molecule has 0 N–H and O–H groups in total. The van der Waals surface area contributed by atoms with Gasteiger partial charge >= 0.3 is 0 Å². The van der Waals surface area contributed by atoms with Crippen molar-refractivity contribution in [3.63, 3.8) is 0 Å². The number of aromatic nitrogens is 2. The van der Waals surface area contributed by atoms with Crippen LogP contribution in [0.2, 0.25) is 5.15 Å². The van der Waals surface area contributed by atoms with E-state index in [1.807, 2.05) is 18.7 Å². The monoisotopic (exact) mass is 385 g/mol. The summed E-state index contributed by atoms with van der Waals surface area (Å²) in [7, 11) is 4.21. The predicted molar refractivity (Wildman–Crippen MR) is 105 cm³/mol. The number of hydrogen-bond donors (Lipinski definition) is 0. The molecule has 0 atom stereocenters. The van der Waals surface area contributed by atoms with Gasteiger partial charge in [0.2, 0.25) is 5.91 Å². The Labute approximate surface area is 159 Å². The third-order valence-electron chi connectivity index (χ3n) is 4.70. The van der Waals surface area contributed by atoms with E-state index < -0.39 is 0 Å². The van der Waals surface area contributed by atoms with Crippen LogP contribution in [0.15, 0.2) is 11.2 Å². The number of rotatable bonds is 7. The number of likely N-dealkylation sites (tertiary alicyclic amines) is 1. The van der Waals surface area contributed by atoms with Gasteiger partial charge in [-0.1, -0.05) is 23.4 Å². The van der Waals surface area contributed by atoms with E-state index in [0.717, 1.165) is 44.8 Å². The fourth-order valence-corrected chi connectivity index (χ4v) is 3.98. The van der Waals surface area contributed by atoms with Crippen molar-refractivity contribution in [1.82, 2.24) is 19.8 Å². The summed E-state index contributed by atoms with van der Waals surface area (Å²) in [5.74, 6) is 1.26. The Morgan fingerprint density at radius 2 is 1.96 bits per heavy atom. The lowest BCUT2D eigenvalue weighted by atomic mass is 10.0. The normalized spacial score (nSPS) is 16.0. The molecule has 0 aromatic carbocycles. The first-order chi connectivity index (χ1) is 11.9. The maximum absolute atomic E-state index is 12.2. The molecular formula is C17H28ClN5OS. The maximum Gasteiger partial charge on any atom is 0.233 e. The third-order valence-corrected chi connectivity index (χ3v) is 5.72. The fourth-order valence-electron chi connectivity index (χ4n) is 2.99. The molecule has 0 bridgehead atoms. The first kappa shape index (κ1) is 20.3. The molecule has 1 aliphatic rings. The second-order valence-electron chi connectivity index (χ2n) is 6.33. The number of anilines is 1. The summed E-state index contributed by atoms with van der Waals surface area (Å²) < 4.78 is 0. The highest BCUT2D eigenvalue weighted by Crippen LogP contribution is 2.25. The molecule has 140 valence electrons. The molecule has 0 saturated carbocycles. The molecule has 6 nitrogen and oxygen atoms in total. The predicted octanol–water partition coefficient (Wildman–Crippen LogP) is 2.62. The van der Waals surface area contributed by atoms with Gasteiger partial charge in [0.15, 0.2) is 5.16 Å². The van der Waals surface area contributed by atoms with Crippen LogP contribution >= 0.6 is 23.4 Å². The van der Waals surface area contributed by atoms with Gasteiger partial charge in [0, 0.05) is 32.2 Å². The van der Waals surface area contributed by atoms with E-state index in [1.54, 1.807) is 6.07 Å². The summed E-state index contributed by atoms with van der Waals surface area (Å²) >= 11 is 7.54. The van der Waals surface area contributed by atoms with Crippen LogP contribution < -0.4 is 4.90 Å². The maximum atomic E-state index is 12.2. The lowest BCUT2D eigenvalue weighted by Gasteiger charge is -2.35. The van der Waals surface area contributed by atoms with Gasteiger partial charge < -0.3 is 14.7 Å². The van der Waals surface area contributed by atoms with Crippen LogP contribution in [-0.4, -0.2) is 77.7 Å². The Kier molecular flexibility index (Phi) is 7.78. The molecule has 0 aliphatic carbocycles. The molecule has 0 radical (unpaired) electrons. The molecule has 2 heterocycles. The number of hydrogen-bond acceptors (Lipinski definition) is 6. The molecular weight excluding hydrogens is 358 g/mol. The average Bonchev–Trinajstić information content (AvgIpc) is 2.60. The van der Waals surface area contributed by atoms with Crippen molar-refractivity contribution < 1.29 is 4.79 Å². The van der Waals surface area contributed by atoms with Crippen LogP contribution in [0.25, 0.3) is 0 Å². The number of carbonyl (C=O) groups is 1. The second-order valence-corrected chi connectivity index (χ2v) is 7.66. The number of thioether (sulfide) groups is 1. The zero-order valence-electron chi connectivity index (χ0n) is 15.5. The number of amides is 1. The Morgan fingerprint density at radius 1 is 1.32 bits per heavy atom. The molecule has 1 aromatic heterocycles. The summed E-state index contributed by atoms with van der Waals surface area (Å²) in [5, 5.41) is 0.977. The van der Waals surface area contributed by atoms with Crippen LogP contribution in [0.1, 0.15) is 26.7 Å². The molecule has 0 spiro atoms. The highest BCUT2D eigenvalue weighted by molar-refractivity contribution is 7.99. The van der Waals surface area contributed by atoms with Crippen LogP contribution in [0.3, 0.4) is 0 Å². The molecule has 8 heteroatoms. The zero-order valence-corrected chi connectivity index (χ0v) is 17.1. The minimum absolute atomic E-state index is 0.101. The standard InChI is InChI=1S/C17H28ClN5OS/c1-5-23(6-2)16(24)12-25-17-19-14(18)11-15(20-17)22(4)13-7-9-21(3)10-8-13/h11,13H,5-10,12H2,1-4H3. The number of carbonyl (C=O) groups excluding carboxylic acids is 1. The van der Waals surface area contributed by atoms with Crippen LogP contribution in [0.5, 0.6) is 0 Å². The second kappa shape index (κ2) is 9.59. The van der Waals surface area contributed by atoms with Gasteiger partial charge in [-0.2, -0.15) is 0 Å². The summed E-state index contributed by atoms with van der Waals surface area (Å²) in [5.41, 5.74) is 0. The molecule has 1 aromatic rings. The summed E-state index contributed by atoms with van der Waals surface area (Å²) in [4.78, 5) is 27.4. The van der Waals surface area contributed by atoms with E-state index >= 15 is 0 Å². The minimum Gasteiger partial charge on any atom is -0.356 e. The fraction of sp³-hybridized carbons (Fsp3) is 0.706. The summed E-state index contributed by atoms with van der Waals surface area (Å²) in [6, 6.07) is 2.26. The van der Waals surface area contributed by atoms with Crippen molar-refractivity contribution >= 4 is 35.1 Å². The smallest absolute Gasteiger partial charge is 0.233 e. The molecule has 1 saturated heterocycles.